The van der Waals surface area contributed by atoms with Gasteiger partial charge in [0, 0.05) is 26.6 Å². The minimum Gasteiger partial charge on any atom is -0.454 e. The molecule has 2 amide bonds. The number of hydrogen-bond donors (Lipinski definition) is 2. The second-order valence-corrected chi connectivity index (χ2v) is 7.04. The summed E-state index contributed by atoms with van der Waals surface area (Å²) >= 11 is 15.2. The van der Waals surface area contributed by atoms with Crippen molar-refractivity contribution in [1.82, 2.24) is 10.7 Å². The molecule has 0 unspecified atom stereocenters. The van der Waals surface area contributed by atoms with Crippen molar-refractivity contribution in [3.63, 3.8) is 0 Å². The van der Waals surface area contributed by atoms with Crippen LogP contribution in [0.4, 0.5) is 0 Å². The largest absolute Gasteiger partial charge is 0.454 e. The van der Waals surface area contributed by atoms with E-state index in [1.165, 1.54) is 6.21 Å². The van der Waals surface area contributed by atoms with Crippen LogP contribution in [0.3, 0.4) is 0 Å². The highest BCUT2D eigenvalue weighted by molar-refractivity contribution is 9.10. The van der Waals surface area contributed by atoms with Crippen LogP contribution in [0.1, 0.15) is 11.1 Å². The second-order valence-electron chi connectivity index (χ2n) is 5.34. The summed E-state index contributed by atoms with van der Waals surface area (Å²) in [7, 11) is 0. The molecule has 27 heavy (non-hydrogen) atoms. The maximum absolute atomic E-state index is 11.8. The lowest BCUT2D eigenvalue weighted by Crippen LogP contribution is -2.37. The molecule has 0 radical (unpaired) electrons. The van der Waals surface area contributed by atoms with Crippen LogP contribution >= 0.6 is 39.1 Å². The third-order valence-electron chi connectivity index (χ3n) is 3.52. The summed E-state index contributed by atoms with van der Waals surface area (Å²) in [6.07, 6.45) is 1.38. The van der Waals surface area contributed by atoms with Crippen LogP contribution in [0.5, 0.6) is 11.5 Å². The van der Waals surface area contributed by atoms with Gasteiger partial charge in [-0.05, 0) is 45.8 Å². The smallest absolute Gasteiger partial charge is 0.329 e. The van der Waals surface area contributed by atoms with Crippen LogP contribution in [0.15, 0.2) is 39.9 Å². The van der Waals surface area contributed by atoms with Crippen LogP contribution < -0.4 is 20.2 Å². The van der Waals surface area contributed by atoms with Crippen LogP contribution in [0, 0.1) is 0 Å². The van der Waals surface area contributed by atoms with Crippen LogP contribution in [-0.4, -0.2) is 24.8 Å². The molecule has 1 aliphatic rings. The van der Waals surface area contributed by atoms with E-state index in [-0.39, 0.29) is 13.3 Å². The van der Waals surface area contributed by atoms with E-state index in [2.05, 4.69) is 31.8 Å². The first-order valence-electron chi connectivity index (χ1n) is 7.58. The third kappa shape index (κ3) is 4.91. The molecule has 0 spiro atoms. The zero-order valence-electron chi connectivity index (χ0n) is 13.6. The van der Waals surface area contributed by atoms with Gasteiger partial charge in [-0.1, -0.05) is 29.3 Å². The standard InChI is InChI=1S/C17H12BrCl2N3O4/c18-12-5-15-14(26-8-27-15)3-10(12)7-22-23-17(25)16(24)21-6-9-1-2-11(19)4-13(9)20/h1-5,7H,6,8H2,(H,21,24)(H,23,25)/b22-7+. The lowest BCUT2D eigenvalue weighted by atomic mass is 10.2. The monoisotopic (exact) mass is 471 g/mol. The van der Waals surface area contributed by atoms with Crippen molar-refractivity contribution in [2.24, 2.45) is 5.10 Å². The number of benzene rings is 2. The molecule has 0 fully saturated rings. The molecule has 1 heterocycles. The molecule has 0 aliphatic carbocycles. The summed E-state index contributed by atoms with van der Waals surface area (Å²) in [5.74, 6) is -0.567. The molecule has 0 atom stereocenters. The molecule has 10 heteroatoms. The summed E-state index contributed by atoms with van der Waals surface area (Å²) < 4.78 is 11.2. The van der Waals surface area contributed by atoms with E-state index in [1.54, 1.807) is 30.3 Å². The van der Waals surface area contributed by atoms with E-state index in [4.69, 9.17) is 32.7 Å². The van der Waals surface area contributed by atoms with Crippen molar-refractivity contribution in [3.05, 3.63) is 56.0 Å². The van der Waals surface area contributed by atoms with E-state index in [0.29, 0.717) is 37.1 Å². The Balaban J connectivity index is 1.54. The van der Waals surface area contributed by atoms with Gasteiger partial charge in [0.05, 0.1) is 6.21 Å². The fraction of sp³-hybridized carbons (Fsp3) is 0.118. The maximum Gasteiger partial charge on any atom is 0.329 e. The van der Waals surface area contributed by atoms with Gasteiger partial charge in [0.2, 0.25) is 6.79 Å². The molecule has 0 saturated carbocycles. The van der Waals surface area contributed by atoms with Gasteiger partial charge in [-0.25, -0.2) is 5.43 Å². The first-order chi connectivity index (χ1) is 12.9. The molecule has 140 valence electrons. The van der Waals surface area contributed by atoms with E-state index in [1.807, 2.05) is 0 Å². The van der Waals surface area contributed by atoms with Gasteiger partial charge in [-0.3, -0.25) is 9.59 Å². The number of carbonyl (C=O) groups is 2. The van der Waals surface area contributed by atoms with Gasteiger partial charge in [-0.15, -0.1) is 0 Å². The average molecular weight is 473 g/mol. The van der Waals surface area contributed by atoms with Crippen molar-refractivity contribution in [3.8, 4) is 11.5 Å². The molecule has 0 bridgehead atoms. The summed E-state index contributed by atoms with van der Waals surface area (Å²) in [5, 5.41) is 7.11. The summed E-state index contributed by atoms with van der Waals surface area (Å²) in [4.78, 5) is 23.7. The number of ether oxygens (including phenoxy) is 2. The van der Waals surface area contributed by atoms with Crippen LogP contribution in [0.25, 0.3) is 0 Å². The number of halogens is 3. The SMILES string of the molecule is O=C(NCc1ccc(Cl)cc1Cl)C(=O)N/N=C/c1cc2c(cc1Br)OCO2. The van der Waals surface area contributed by atoms with Gasteiger partial charge in [0.1, 0.15) is 0 Å². The van der Waals surface area contributed by atoms with Crippen molar-refractivity contribution < 1.29 is 19.1 Å². The van der Waals surface area contributed by atoms with Crippen molar-refractivity contribution >= 4 is 57.2 Å². The Bertz CT molecular complexity index is 937. The highest BCUT2D eigenvalue weighted by Gasteiger charge is 2.16. The van der Waals surface area contributed by atoms with Gasteiger partial charge in [0.15, 0.2) is 11.5 Å². The Morgan fingerprint density at radius 3 is 2.63 bits per heavy atom. The topological polar surface area (TPSA) is 89.0 Å². The Morgan fingerprint density at radius 2 is 1.89 bits per heavy atom. The molecule has 1 aliphatic heterocycles. The zero-order valence-corrected chi connectivity index (χ0v) is 16.7. The Morgan fingerprint density at radius 1 is 1.15 bits per heavy atom. The second kappa shape index (κ2) is 8.60. The van der Waals surface area contributed by atoms with Gasteiger partial charge in [-0.2, -0.15) is 5.10 Å². The molecule has 3 rings (SSSR count). The Hall–Kier alpha value is -2.29. The van der Waals surface area contributed by atoms with Gasteiger partial charge in [0.25, 0.3) is 0 Å². The third-order valence-corrected chi connectivity index (χ3v) is 4.80. The number of nitrogens with zero attached hydrogens (tertiary/aromatic N) is 1. The minimum atomic E-state index is -0.909. The van der Waals surface area contributed by atoms with Gasteiger partial charge >= 0.3 is 11.8 Å². The van der Waals surface area contributed by atoms with E-state index < -0.39 is 11.8 Å². The molecule has 2 N–H and O–H groups in total. The molecule has 2 aromatic carbocycles. The van der Waals surface area contributed by atoms with E-state index in [0.717, 1.165) is 0 Å². The Kier molecular flexibility index (Phi) is 6.20. The molecular formula is C17H12BrCl2N3O4. The lowest BCUT2D eigenvalue weighted by Gasteiger charge is -2.06. The number of nitrogens with one attached hydrogen (secondary N) is 2. The van der Waals surface area contributed by atoms with Crippen molar-refractivity contribution in [1.29, 1.82) is 0 Å². The minimum absolute atomic E-state index is 0.0830. The number of hydrazone groups is 1. The van der Waals surface area contributed by atoms with Crippen LogP contribution in [-0.2, 0) is 16.1 Å². The quantitative estimate of drug-likeness (QED) is 0.406. The number of rotatable bonds is 4. The Labute approximate surface area is 172 Å². The zero-order chi connectivity index (χ0) is 19.4. The fourth-order valence-electron chi connectivity index (χ4n) is 2.16. The number of fused-ring (bicyclic) bond motifs is 1. The highest BCUT2D eigenvalue weighted by Crippen LogP contribution is 2.36. The summed E-state index contributed by atoms with van der Waals surface area (Å²) in [6, 6.07) is 8.29. The van der Waals surface area contributed by atoms with E-state index >= 15 is 0 Å². The lowest BCUT2D eigenvalue weighted by molar-refractivity contribution is -0.139. The fourth-order valence-corrected chi connectivity index (χ4v) is 3.06. The molecule has 7 nitrogen and oxygen atoms in total. The normalized spacial score (nSPS) is 12.3. The number of carbonyl (C=O) groups excluding carboxylic acids is 2. The molecule has 0 aromatic heterocycles. The summed E-state index contributed by atoms with van der Waals surface area (Å²) in [6.45, 7) is 0.233. The van der Waals surface area contributed by atoms with Crippen molar-refractivity contribution in [2.75, 3.05) is 6.79 Å². The average Bonchev–Trinajstić information content (AvgIpc) is 3.07. The van der Waals surface area contributed by atoms with Crippen molar-refractivity contribution in [2.45, 2.75) is 6.54 Å². The summed E-state index contributed by atoms with van der Waals surface area (Å²) in [5.41, 5.74) is 3.44. The maximum atomic E-state index is 11.8. The first kappa shape index (κ1) is 19.5. The van der Waals surface area contributed by atoms with Crippen LogP contribution in [0.2, 0.25) is 10.0 Å². The molecule has 2 aromatic rings. The van der Waals surface area contributed by atoms with Gasteiger partial charge < -0.3 is 14.8 Å². The highest BCUT2D eigenvalue weighted by atomic mass is 79.9. The molecule has 0 saturated heterocycles. The number of amides is 2. The molecular weight excluding hydrogens is 461 g/mol. The predicted octanol–water partition coefficient (Wildman–Crippen LogP) is 3.25. The van der Waals surface area contributed by atoms with E-state index in [9.17, 15) is 9.59 Å². The predicted molar refractivity (Wildman–Crippen MR) is 104 cm³/mol. The number of hydrogen-bond acceptors (Lipinski definition) is 5. The first-order valence-corrected chi connectivity index (χ1v) is 9.13.